The van der Waals surface area contributed by atoms with Crippen molar-refractivity contribution in [1.29, 1.82) is 0 Å². The Bertz CT molecular complexity index is 560. The molecule has 0 radical (unpaired) electrons. The first-order valence-corrected chi connectivity index (χ1v) is 7.56. The number of piperidine rings is 1. The van der Waals surface area contributed by atoms with Crippen LogP contribution in [-0.2, 0) is 9.53 Å². The number of amides is 2. The van der Waals surface area contributed by atoms with Gasteiger partial charge in [-0.15, -0.1) is 0 Å². The van der Waals surface area contributed by atoms with E-state index in [0.717, 1.165) is 0 Å². The maximum atomic E-state index is 13.1. The van der Waals surface area contributed by atoms with E-state index in [9.17, 15) is 14.0 Å². The molecule has 1 aromatic carbocycles. The van der Waals surface area contributed by atoms with E-state index in [1.165, 1.54) is 18.2 Å². The number of carbonyl (C=O) groups is 2. The maximum absolute atomic E-state index is 13.1. The molecule has 22 heavy (non-hydrogen) atoms. The molecule has 0 saturated carbocycles. The number of nitrogens with one attached hydrogen (secondary N) is 1. The summed E-state index contributed by atoms with van der Waals surface area (Å²) in [5, 5.41) is 2.63. The maximum Gasteiger partial charge on any atom is 0.321 e. The molecule has 1 aliphatic rings. The molecule has 0 spiro atoms. The molecule has 1 N–H and O–H groups in total. The van der Waals surface area contributed by atoms with E-state index in [0.29, 0.717) is 38.2 Å². The van der Waals surface area contributed by atoms with E-state index in [1.54, 1.807) is 11.8 Å². The molecule has 1 aliphatic heterocycles. The molecular weight excluding hydrogens is 311 g/mol. The number of anilines is 1. The molecule has 0 aromatic heterocycles. The van der Waals surface area contributed by atoms with Gasteiger partial charge in [-0.25, -0.2) is 9.18 Å². The third-order valence-corrected chi connectivity index (χ3v) is 3.86. The summed E-state index contributed by atoms with van der Waals surface area (Å²) in [6, 6.07) is 3.72. The van der Waals surface area contributed by atoms with E-state index < -0.39 is 5.82 Å². The molecule has 0 atom stereocenters. The summed E-state index contributed by atoms with van der Waals surface area (Å²) in [6.45, 7) is 3.09. The Morgan fingerprint density at radius 3 is 2.68 bits per heavy atom. The Morgan fingerprint density at radius 1 is 1.41 bits per heavy atom. The molecule has 2 amide bonds. The standard InChI is InChI=1S/C15H18ClFN2O3/c1-2-22-14(20)10-5-7-19(8-6-10)15(21)18-11-3-4-13(17)12(16)9-11/h3-4,9-10H,2,5-8H2,1H3,(H,18,21). The van der Waals surface area contributed by atoms with Crippen molar-refractivity contribution in [3.8, 4) is 0 Å². The van der Waals surface area contributed by atoms with Crippen LogP contribution in [0.1, 0.15) is 19.8 Å². The number of likely N-dealkylation sites (tertiary alicyclic amines) is 1. The molecule has 5 nitrogen and oxygen atoms in total. The topological polar surface area (TPSA) is 58.6 Å². The second-order valence-corrected chi connectivity index (χ2v) is 5.48. The smallest absolute Gasteiger partial charge is 0.321 e. The van der Waals surface area contributed by atoms with E-state index in [4.69, 9.17) is 16.3 Å². The first kappa shape index (κ1) is 16.5. The summed E-state index contributed by atoms with van der Waals surface area (Å²) >= 11 is 5.68. The molecule has 1 aromatic rings. The van der Waals surface area contributed by atoms with Gasteiger partial charge in [-0.3, -0.25) is 4.79 Å². The number of hydrogen-bond donors (Lipinski definition) is 1. The predicted molar refractivity (Wildman–Crippen MR) is 81.4 cm³/mol. The lowest BCUT2D eigenvalue weighted by molar-refractivity contribution is -0.149. The molecule has 7 heteroatoms. The van der Waals surface area contributed by atoms with Crippen LogP contribution in [0, 0.1) is 11.7 Å². The Labute approximate surface area is 133 Å². The predicted octanol–water partition coefficient (Wildman–Crippen LogP) is 3.29. The number of hydrogen-bond acceptors (Lipinski definition) is 3. The number of rotatable bonds is 3. The lowest BCUT2D eigenvalue weighted by atomic mass is 9.97. The van der Waals surface area contributed by atoms with Crippen LogP contribution < -0.4 is 5.32 Å². The van der Waals surface area contributed by atoms with E-state index in [-0.39, 0.29) is 22.9 Å². The summed E-state index contributed by atoms with van der Waals surface area (Å²) < 4.78 is 18.1. The van der Waals surface area contributed by atoms with Crippen molar-refractivity contribution in [2.75, 3.05) is 25.0 Å². The van der Waals surface area contributed by atoms with Crippen molar-refractivity contribution < 1.29 is 18.7 Å². The van der Waals surface area contributed by atoms with Crippen LogP contribution in [0.3, 0.4) is 0 Å². The number of halogens is 2. The minimum Gasteiger partial charge on any atom is -0.466 e. The van der Waals surface area contributed by atoms with Gasteiger partial charge in [0.2, 0.25) is 0 Å². The quantitative estimate of drug-likeness (QED) is 0.866. The lowest BCUT2D eigenvalue weighted by Gasteiger charge is -2.30. The van der Waals surface area contributed by atoms with E-state index in [2.05, 4.69) is 5.32 Å². The largest absolute Gasteiger partial charge is 0.466 e. The molecule has 0 unspecified atom stereocenters. The van der Waals surface area contributed by atoms with Gasteiger partial charge in [-0.05, 0) is 38.0 Å². The van der Waals surface area contributed by atoms with Crippen LogP contribution in [0.5, 0.6) is 0 Å². The first-order chi connectivity index (χ1) is 10.5. The van der Waals surface area contributed by atoms with Crippen LogP contribution in [0.15, 0.2) is 18.2 Å². The highest BCUT2D eigenvalue weighted by Gasteiger charge is 2.28. The third-order valence-electron chi connectivity index (χ3n) is 3.57. The van der Waals surface area contributed by atoms with Crippen molar-refractivity contribution >= 4 is 29.3 Å². The Kier molecular flexibility index (Phi) is 5.60. The monoisotopic (exact) mass is 328 g/mol. The van der Waals surface area contributed by atoms with Gasteiger partial charge in [0.05, 0.1) is 17.5 Å². The zero-order chi connectivity index (χ0) is 16.1. The van der Waals surface area contributed by atoms with Crippen molar-refractivity contribution in [3.05, 3.63) is 29.0 Å². The van der Waals surface area contributed by atoms with Crippen molar-refractivity contribution in [3.63, 3.8) is 0 Å². The molecule has 1 fully saturated rings. The minimum absolute atomic E-state index is 0.0428. The van der Waals surface area contributed by atoms with Gasteiger partial charge >= 0.3 is 12.0 Å². The lowest BCUT2D eigenvalue weighted by Crippen LogP contribution is -2.42. The van der Waals surface area contributed by atoms with Gasteiger partial charge < -0.3 is 15.0 Å². The summed E-state index contributed by atoms with van der Waals surface area (Å²) in [4.78, 5) is 25.4. The van der Waals surface area contributed by atoms with Crippen LogP contribution >= 0.6 is 11.6 Å². The highest BCUT2D eigenvalue weighted by molar-refractivity contribution is 6.31. The minimum atomic E-state index is -0.532. The number of nitrogens with zero attached hydrogens (tertiary/aromatic N) is 1. The summed E-state index contributed by atoms with van der Waals surface area (Å²) in [5.41, 5.74) is 0.434. The zero-order valence-electron chi connectivity index (χ0n) is 12.3. The summed E-state index contributed by atoms with van der Waals surface area (Å²) in [7, 11) is 0. The van der Waals surface area contributed by atoms with Crippen molar-refractivity contribution in [1.82, 2.24) is 4.90 Å². The van der Waals surface area contributed by atoms with Gasteiger partial charge in [0.15, 0.2) is 0 Å². The average Bonchev–Trinajstić information content (AvgIpc) is 2.51. The molecule has 1 heterocycles. The second-order valence-electron chi connectivity index (χ2n) is 5.07. The fraction of sp³-hybridized carbons (Fsp3) is 0.467. The van der Waals surface area contributed by atoms with Crippen molar-refractivity contribution in [2.24, 2.45) is 5.92 Å². The van der Waals surface area contributed by atoms with Crippen molar-refractivity contribution in [2.45, 2.75) is 19.8 Å². The second kappa shape index (κ2) is 7.45. The van der Waals surface area contributed by atoms with Crippen LogP contribution in [0.25, 0.3) is 0 Å². The molecule has 0 aliphatic carbocycles. The number of benzene rings is 1. The number of esters is 1. The van der Waals surface area contributed by atoms with E-state index >= 15 is 0 Å². The van der Waals surface area contributed by atoms with Crippen LogP contribution in [0.4, 0.5) is 14.9 Å². The zero-order valence-corrected chi connectivity index (χ0v) is 13.0. The fourth-order valence-electron chi connectivity index (χ4n) is 2.35. The Hall–Kier alpha value is -1.82. The van der Waals surface area contributed by atoms with Crippen LogP contribution in [-0.4, -0.2) is 36.6 Å². The highest BCUT2D eigenvalue weighted by atomic mass is 35.5. The van der Waals surface area contributed by atoms with Gasteiger partial charge in [-0.1, -0.05) is 11.6 Å². The van der Waals surface area contributed by atoms with Gasteiger partial charge in [-0.2, -0.15) is 0 Å². The Morgan fingerprint density at radius 2 is 2.09 bits per heavy atom. The summed E-state index contributed by atoms with van der Waals surface area (Å²) in [6.07, 6.45) is 1.16. The molecule has 1 saturated heterocycles. The third kappa shape index (κ3) is 4.10. The van der Waals surface area contributed by atoms with Gasteiger partial charge in [0, 0.05) is 18.8 Å². The Balaban J connectivity index is 1.87. The summed E-state index contributed by atoms with van der Waals surface area (Å²) in [5.74, 6) is -0.882. The first-order valence-electron chi connectivity index (χ1n) is 7.19. The number of urea groups is 1. The fourth-order valence-corrected chi connectivity index (χ4v) is 2.54. The SMILES string of the molecule is CCOC(=O)C1CCN(C(=O)Nc2ccc(F)c(Cl)c2)CC1. The number of carbonyl (C=O) groups excluding carboxylic acids is 2. The normalized spacial score (nSPS) is 15.5. The molecular formula is C15H18ClFN2O3. The van der Waals surface area contributed by atoms with Crippen LogP contribution in [0.2, 0.25) is 5.02 Å². The van der Waals surface area contributed by atoms with Gasteiger partial charge in [0.25, 0.3) is 0 Å². The highest BCUT2D eigenvalue weighted by Crippen LogP contribution is 2.22. The van der Waals surface area contributed by atoms with Gasteiger partial charge in [0.1, 0.15) is 5.82 Å². The molecule has 2 rings (SSSR count). The molecule has 0 bridgehead atoms. The molecule has 120 valence electrons. The van der Waals surface area contributed by atoms with E-state index in [1.807, 2.05) is 0 Å². The average molecular weight is 329 g/mol. The number of ether oxygens (including phenoxy) is 1.